The summed E-state index contributed by atoms with van der Waals surface area (Å²) in [7, 11) is 0. The lowest BCUT2D eigenvalue weighted by molar-refractivity contribution is -0.151. The average Bonchev–Trinajstić information content (AvgIpc) is 2.18. The minimum atomic E-state index is 0.0774. The standard InChI is InChI=1S/C13H17NO/c1-9(2)14-10(3)12(13(14)15)11-7-5-4-6-8-11/h4-10,12H,1-3H3/t10-,12-/m0/s1. The first-order chi connectivity index (χ1) is 7.13. The molecule has 0 aromatic heterocycles. The van der Waals surface area contributed by atoms with Crippen LogP contribution in [0.1, 0.15) is 32.3 Å². The van der Waals surface area contributed by atoms with Crippen LogP contribution in [0.5, 0.6) is 0 Å². The number of carbonyl (C=O) groups is 1. The van der Waals surface area contributed by atoms with Crippen molar-refractivity contribution in [2.45, 2.75) is 38.8 Å². The van der Waals surface area contributed by atoms with Crippen molar-refractivity contribution in [3.05, 3.63) is 35.9 Å². The van der Waals surface area contributed by atoms with E-state index in [1.54, 1.807) is 0 Å². The minimum absolute atomic E-state index is 0.0774. The zero-order chi connectivity index (χ0) is 11.0. The van der Waals surface area contributed by atoms with Crippen molar-refractivity contribution in [2.75, 3.05) is 0 Å². The Morgan fingerprint density at radius 3 is 2.27 bits per heavy atom. The second kappa shape index (κ2) is 3.69. The van der Waals surface area contributed by atoms with Gasteiger partial charge in [-0.25, -0.2) is 0 Å². The van der Waals surface area contributed by atoms with Crippen LogP contribution >= 0.6 is 0 Å². The molecule has 2 atom stereocenters. The molecule has 1 amide bonds. The topological polar surface area (TPSA) is 20.3 Å². The first-order valence-corrected chi connectivity index (χ1v) is 5.50. The highest BCUT2D eigenvalue weighted by Gasteiger charge is 2.45. The number of nitrogens with zero attached hydrogens (tertiary/aromatic N) is 1. The summed E-state index contributed by atoms with van der Waals surface area (Å²) < 4.78 is 0. The minimum Gasteiger partial charge on any atom is -0.336 e. The molecule has 2 nitrogen and oxygen atoms in total. The monoisotopic (exact) mass is 203 g/mol. The largest absolute Gasteiger partial charge is 0.336 e. The molecule has 80 valence electrons. The van der Waals surface area contributed by atoms with Crippen molar-refractivity contribution in [1.82, 2.24) is 4.90 Å². The number of benzene rings is 1. The molecule has 1 aromatic carbocycles. The van der Waals surface area contributed by atoms with E-state index in [1.807, 2.05) is 35.2 Å². The summed E-state index contributed by atoms with van der Waals surface area (Å²) in [5.74, 6) is 0.345. The Morgan fingerprint density at radius 1 is 1.20 bits per heavy atom. The first kappa shape index (κ1) is 10.2. The van der Waals surface area contributed by atoms with Crippen LogP contribution in [0.4, 0.5) is 0 Å². The van der Waals surface area contributed by atoms with Gasteiger partial charge in [-0.2, -0.15) is 0 Å². The zero-order valence-corrected chi connectivity index (χ0v) is 9.47. The molecule has 1 aliphatic rings. The van der Waals surface area contributed by atoms with Gasteiger partial charge >= 0.3 is 0 Å². The van der Waals surface area contributed by atoms with Gasteiger partial charge in [0.1, 0.15) is 0 Å². The highest BCUT2D eigenvalue weighted by molar-refractivity contribution is 5.91. The zero-order valence-electron chi connectivity index (χ0n) is 9.47. The van der Waals surface area contributed by atoms with Gasteiger partial charge in [0.25, 0.3) is 0 Å². The molecule has 0 N–H and O–H groups in total. The van der Waals surface area contributed by atoms with Crippen LogP contribution < -0.4 is 0 Å². The Kier molecular flexibility index (Phi) is 2.51. The number of hydrogen-bond acceptors (Lipinski definition) is 1. The van der Waals surface area contributed by atoms with E-state index in [1.165, 1.54) is 0 Å². The molecule has 0 bridgehead atoms. The van der Waals surface area contributed by atoms with Gasteiger partial charge in [0.2, 0.25) is 5.91 Å². The van der Waals surface area contributed by atoms with E-state index in [0.717, 1.165) is 5.56 Å². The number of β-lactam (4-membered cyclic amide) rings is 1. The molecule has 2 heteroatoms. The summed E-state index contributed by atoms with van der Waals surface area (Å²) >= 11 is 0. The van der Waals surface area contributed by atoms with Gasteiger partial charge in [-0.05, 0) is 26.3 Å². The molecule has 1 heterocycles. The maximum atomic E-state index is 11.9. The van der Waals surface area contributed by atoms with Crippen LogP contribution in [-0.2, 0) is 4.79 Å². The first-order valence-electron chi connectivity index (χ1n) is 5.50. The number of hydrogen-bond donors (Lipinski definition) is 0. The lowest BCUT2D eigenvalue weighted by atomic mass is 9.81. The molecule has 15 heavy (non-hydrogen) atoms. The summed E-state index contributed by atoms with van der Waals surface area (Å²) in [5, 5.41) is 0. The third kappa shape index (κ3) is 1.54. The fourth-order valence-electron chi connectivity index (χ4n) is 2.45. The van der Waals surface area contributed by atoms with Gasteiger partial charge in [-0.3, -0.25) is 4.79 Å². The van der Waals surface area contributed by atoms with E-state index in [4.69, 9.17) is 0 Å². The molecule has 0 spiro atoms. The maximum Gasteiger partial charge on any atom is 0.232 e. The van der Waals surface area contributed by atoms with Crippen LogP contribution in [0.15, 0.2) is 30.3 Å². The second-order valence-corrected chi connectivity index (χ2v) is 4.47. The lowest BCUT2D eigenvalue weighted by Gasteiger charge is -2.48. The van der Waals surface area contributed by atoms with E-state index in [9.17, 15) is 4.79 Å². The summed E-state index contributed by atoms with van der Waals surface area (Å²) in [6.45, 7) is 6.25. The van der Waals surface area contributed by atoms with Crippen LogP contribution in [0, 0.1) is 0 Å². The molecule has 0 saturated carbocycles. The molecular formula is C13H17NO. The van der Waals surface area contributed by atoms with Crippen molar-refractivity contribution in [2.24, 2.45) is 0 Å². The van der Waals surface area contributed by atoms with Gasteiger partial charge < -0.3 is 4.90 Å². The van der Waals surface area contributed by atoms with Crippen molar-refractivity contribution < 1.29 is 4.79 Å². The van der Waals surface area contributed by atoms with E-state index in [2.05, 4.69) is 20.8 Å². The molecular weight excluding hydrogens is 186 g/mol. The number of carbonyl (C=O) groups excluding carboxylic acids is 1. The van der Waals surface area contributed by atoms with Crippen LogP contribution in [0.2, 0.25) is 0 Å². The predicted molar refractivity (Wildman–Crippen MR) is 60.6 cm³/mol. The maximum absolute atomic E-state index is 11.9. The number of likely N-dealkylation sites (tertiary alicyclic amines) is 1. The normalized spacial score (nSPS) is 25.6. The smallest absolute Gasteiger partial charge is 0.232 e. The number of rotatable bonds is 2. The summed E-state index contributed by atoms with van der Waals surface area (Å²) in [4.78, 5) is 13.9. The number of amides is 1. The molecule has 1 fully saturated rings. The molecule has 0 radical (unpaired) electrons. The van der Waals surface area contributed by atoms with Gasteiger partial charge in [-0.1, -0.05) is 30.3 Å². The summed E-state index contributed by atoms with van der Waals surface area (Å²) in [6, 6.07) is 10.7. The Morgan fingerprint density at radius 2 is 1.80 bits per heavy atom. The quantitative estimate of drug-likeness (QED) is 0.676. The SMILES string of the molecule is CC(C)N1C(=O)[C@H](c2ccccc2)[C@@H]1C. The van der Waals surface area contributed by atoms with Crippen LogP contribution in [0.3, 0.4) is 0 Å². The third-order valence-corrected chi connectivity index (χ3v) is 3.16. The van der Waals surface area contributed by atoms with Gasteiger partial charge in [0.05, 0.1) is 5.92 Å². The lowest BCUT2D eigenvalue weighted by Crippen LogP contribution is -2.60. The van der Waals surface area contributed by atoms with Crippen LogP contribution in [-0.4, -0.2) is 22.9 Å². The molecule has 1 aliphatic heterocycles. The van der Waals surface area contributed by atoms with E-state index in [0.29, 0.717) is 12.1 Å². The Balaban J connectivity index is 2.19. The second-order valence-electron chi connectivity index (χ2n) is 4.47. The fourth-order valence-corrected chi connectivity index (χ4v) is 2.45. The third-order valence-electron chi connectivity index (χ3n) is 3.16. The molecule has 1 aromatic rings. The summed E-state index contributed by atoms with van der Waals surface area (Å²) in [6.07, 6.45) is 0. The van der Waals surface area contributed by atoms with Crippen molar-refractivity contribution in [3.8, 4) is 0 Å². The predicted octanol–water partition coefficient (Wildman–Crippen LogP) is 2.41. The van der Waals surface area contributed by atoms with Crippen molar-refractivity contribution in [3.63, 3.8) is 0 Å². The van der Waals surface area contributed by atoms with Gasteiger partial charge in [0.15, 0.2) is 0 Å². The Hall–Kier alpha value is -1.31. The Bertz CT molecular complexity index is 358. The molecule has 1 saturated heterocycles. The van der Waals surface area contributed by atoms with Crippen molar-refractivity contribution in [1.29, 1.82) is 0 Å². The van der Waals surface area contributed by atoms with Crippen molar-refractivity contribution >= 4 is 5.91 Å². The van der Waals surface area contributed by atoms with Gasteiger partial charge in [-0.15, -0.1) is 0 Å². The van der Waals surface area contributed by atoms with Crippen LogP contribution in [0.25, 0.3) is 0 Å². The van der Waals surface area contributed by atoms with E-state index >= 15 is 0 Å². The van der Waals surface area contributed by atoms with E-state index < -0.39 is 0 Å². The molecule has 0 unspecified atom stereocenters. The fraction of sp³-hybridized carbons (Fsp3) is 0.462. The Labute approximate surface area is 90.9 Å². The average molecular weight is 203 g/mol. The molecule has 0 aliphatic carbocycles. The van der Waals surface area contributed by atoms with Gasteiger partial charge in [0, 0.05) is 12.1 Å². The summed E-state index contributed by atoms with van der Waals surface area (Å²) in [5.41, 5.74) is 1.15. The molecule has 2 rings (SSSR count). The van der Waals surface area contributed by atoms with E-state index in [-0.39, 0.29) is 11.8 Å². The highest BCUT2D eigenvalue weighted by atomic mass is 16.2. The highest BCUT2D eigenvalue weighted by Crippen LogP contribution is 2.36.